The van der Waals surface area contributed by atoms with Crippen LogP contribution in [0.1, 0.15) is 35.6 Å². The molecule has 2 N–H and O–H groups in total. The fourth-order valence-electron chi connectivity index (χ4n) is 4.08. The molecule has 32 heavy (non-hydrogen) atoms. The molecule has 0 saturated carbocycles. The maximum atomic E-state index is 12.7. The predicted molar refractivity (Wildman–Crippen MR) is 129 cm³/mol. The minimum atomic E-state index is -0.103. The third kappa shape index (κ3) is 4.31. The summed E-state index contributed by atoms with van der Waals surface area (Å²) in [5.41, 5.74) is 3.85. The highest BCUT2D eigenvalue weighted by Crippen LogP contribution is 2.39. The standard InChI is InChI=1S/C24H27N5O2S/c1-16-11-12-19(28(16)2)23-22(18-9-6-7-14-25-18)27-24(32)29(23)15-13-21(30)26-17-8-4-5-10-20(17)31-3/h4-12,14,22-23H,13,15H2,1-3H3,(H,26,30)(H,27,32)/t22-,23+/m0/s1. The molecule has 1 saturated heterocycles. The molecule has 2 aromatic heterocycles. The molecule has 0 aliphatic carbocycles. The molecule has 166 valence electrons. The third-order valence-electron chi connectivity index (χ3n) is 5.87. The van der Waals surface area contributed by atoms with Crippen molar-refractivity contribution in [2.75, 3.05) is 19.0 Å². The Hall–Kier alpha value is -3.39. The Labute approximate surface area is 193 Å². The van der Waals surface area contributed by atoms with Crippen LogP contribution in [0.4, 0.5) is 5.69 Å². The number of hydrogen-bond donors (Lipinski definition) is 2. The highest BCUT2D eigenvalue weighted by atomic mass is 32.1. The third-order valence-corrected chi connectivity index (χ3v) is 6.23. The van der Waals surface area contributed by atoms with Crippen LogP contribution in [-0.2, 0) is 11.8 Å². The van der Waals surface area contributed by atoms with E-state index in [1.807, 2.05) is 49.5 Å². The number of aryl methyl sites for hydroxylation is 1. The quantitative estimate of drug-likeness (QED) is 0.536. The summed E-state index contributed by atoms with van der Waals surface area (Å²) >= 11 is 5.69. The van der Waals surface area contributed by atoms with Gasteiger partial charge in [-0.15, -0.1) is 0 Å². The Morgan fingerprint density at radius 3 is 2.66 bits per heavy atom. The van der Waals surface area contributed by atoms with E-state index in [-0.39, 0.29) is 24.4 Å². The summed E-state index contributed by atoms with van der Waals surface area (Å²) in [5, 5.41) is 6.99. The number of anilines is 1. The Bertz CT molecular complexity index is 1110. The molecule has 8 heteroatoms. The van der Waals surface area contributed by atoms with Crippen molar-refractivity contribution in [1.29, 1.82) is 0 Å². The maximum Gasteiger partial charge on any atom is 0.226 e. The fraction of sp³-hybridized carbons (Fsp3) is 0.292. The SMILES string of the molecule is COc1ccccc1NC(=O)CCN1C(=S)N[C@@H](c2ccccn2)[C@H]1c1ccc(C)n1C. The van der Waals surface area contributed by atoms with Crippen molar-refractivity contribution in [3.05, 3.63) is 77.9 Å². The highest BCUT2D eigenvalue weighted by Gasteiger charge is 2.41. The Morgan fingerprint density at radius 1 is 1.19 bits per heavy atom. The fourth-order valence-corrected chi connectivity index (χ4v) is 4.41. The molecule has 0 spiro atoms. The van der Waals surface area contributed by atoms with Gasteiger partial charge in [-0.1, -0.05) is 18.2 Å². The Balaban J connectivity index is 1.55. The van der Waals surface area contributed by atoms with Gasteiger partial charge in [0.15, 0.2) is 5.11 Å². The first kappa shape index (κ1) is 21.8. The van der Waals surface area contributed by atoms with E-state index in [4.69, 9.17) is 17.0 Å². The van der Waals surface area contributed by atoms with E-state index >= 15 is 0 Å². The van der Waals surface area contributed by atoms with Gasteiger partial charge in [0.25, 0.3) is 0 Å². The second kappa shape index (κ2) is 9.40. The van der Waals surface area contributed by atoms with Crippen molar-refractivity contribution < 1.29 is 9.53 Å². The van der Waals surface area contributed by atoms with Crippen LogP contribution in [0.15, 0.2) is 60.8 Å². The summed E-state index contributed by atoms with van der Waals surface area (Å²) in [5.74, 6) is 0.534. The molecular weight excluding hydrogens is 422 g/mol. The van der Waals surface area contributed by atoms with E-state index in [0.717, 1.165) is 17.1 Å². The average molecular weight is 450 g/mol. The normalized spacial score (nSPS) is 17.8. The van der Waals surface area contributed by atoms with E-state index < -0.39 is 0 Å². The lowest BCUT2D eigenvalue weighted by atomic mass is 10.0. The number of carbonyl (C=O) groups is 1. The molecule has 0 radical (unpaired) electrons. The van der Waals surface area contributed by atoms with Crippen LogP contribution in [0.2, 0.25) is 0 Å². The zero-order valence-electron chi connectivity index (χ0n) is 18.4. The van der Waals surface area contributed by atoms with E-state index in [0.29, 0.717) is 23.1 Å². The molecule has 4 rings (SSSR count). The number of ether oxygens (including phenoxy) is 1. The number of rotatable bonds is 7. The molecule has 1 fully saturated rings. The molecule has 0 unspecified atom stereocenters. The number of carbonyl (C=O) groups excluding carboxylic acids is 1. The summed E-state index contributed by atoms with van der Waals surface area (Å²) in [7, 11) is 3.64. The zero-order chi connectivity index (χ0) is 22.7. The summed E-state index contributed by atoms with van der Waals surface area (Å²) in [4.78, 5) is 19.4. The molecule has 3 heterocycles. The van der Waals surface area contributed by atoms with Crippen LogP contribution in [0, 0.1) is 6.92 Å². The topological polar surface area (TPSA) is 71.4 Å². The first-order chi connectivity index (χ1) is 15.5. The van der Waals surface area contributed by atoms with Gasteiger partial charge in [-0.3, -0.25) is 9.78 Å². The second-order valence-corrected chi connectivity index (χ2v) is 8.16. The summed E-state index contributed by atoms with van der Waals surface area (Å²) < 4.78 is 7.49. The van der Waals surface area contributed by atoms with Crippen LogP contribution < -0.4 is 15.4 Å². The van der Waals surface area contributed by atoms with Gasteiger partial charge < -0.3 is 24.8 Å². The van der Waals surface area contributed by atoms with E-state index in [2.05, 4.69) is 44.1 Å². The van der Waals surface area contributed by atoms with Gasteiger partial charge in [0.1, 0.15) is 5.75 Å². The summed E-state index contributed by atoms with van der Waals surface area (Å²) in [6.07, 6.45) is 2.07. The van der Waals surface area contributed by atoms with Gasteiger partial charge in [0.2, 0.25) is 5.91 Å². The summed E-state index contributed by atoms with van der Waals surface area (Å²) in [6, 6.07) is 17.3. The number of benzene rings is 1. The minimum Gasteiger partial charge on any atom is -0.495 e. The van der Waals surface area contributed by atoms with E-state index in [1.165, 1.54) is 0 Å². The van der Waals surface area contributed by atoms with Gasteiger partial charge in [-0.2, -0.15) is 0 Å². The number of para-hydroxylation sites is 2. The smallest absolute Gasteiger partial charge is 0.226 e. The van der Waals surface area contributed by atoms with Crippen LogP contribution in [0.25, 0.3) is 0 Å². The molecule has 7 nitrogen and oxygen atoms in total. The van der Waals surface area contributed by atoms with Crippen molar-refractivity contribution in [3.63, 3.8) is 0 Å². The Morgan fingerprint density at radius 2 is 1.97 bits per heavy atom. The van der Waals surface area contributed by atoms with E-state index in [9.17, 15) is 4.79 Å². The number of hydrogen-bond acceptors (Lipinski definition) is 4. The van der Waals surface area contributed by atoms with Crippen molar-refractivity contribution in [2.24, 2.45) is 7.05 Å². The van der Waals surface area contributed by atoms with Gasteiger partial charge in [-0.25, -0.2) is 0 Å². The van der Waals surface area contributed by atoms with Gasteiger partial charge in [0.05, 0.1) is 30.6 Å². The number of amides is 1. The predicted octanol–water partition coefficient (Wildman–Crippen LogP) is 3.74. The number of thiocarbonyl (C=S) groups is 1. The van der Waals surface area contributed by atoms with Crippen LogP contribution in [0.5, 0.6) is 5.75 Å². The first-order valence-corrected chi connectivity index (χ1v) is 10.9. The number of aromatic nitrogens is 2. The second-order valence-electron chi connectivity index (χ2n) is 7.78. The number of methoxy groups -OCH3 is 1. The number of nitrogens with one attached hydrogen (secondary N) is 2. The van der Waals surface area contributed by atoms with Crippen molar-refractivity contribution in [3.8, 4) is 5.75 Å². The monoisotopic (exact) mass is 449 g/mol. The van der Waals surface area contributed by atoms with Crippen LogP contribution in [-0.4, -0.2) is 39.1 Å². The van der Waals surface area contributed by atoms with E-state index in [1.54, 1.807) is 13.3 Å². The molecule has 3 aromatic rings. The highest BCUT2D eigenvalue weighted by molar-refractivity contribution is 7.80. The average Bonchev–Trinajstić information content (AvgIpc) is 3.31. The van der Waals surface area contributed by atoms with Crippen molar-refractivity contribution >= 4 is 28.9 Å². The van der Waals surface area contributed by atoms with Crippen molar-refractivity contribution in [1.82, 2.24) is 19.8 Å². The molecule has 0 bridgehead atoms. The largest absolute Gasteiger partial charge is 0.495 e. The molecule has 1 aromatic carbocycles. The number of nitrogens with zero attached hydrogens (tertiary/aromatic N) is 3. The van der Waals surface area contributed by atoms with Crippen LogP contribution >= 0.6 is 12.2 Å². The van der Waals surface area contributed by atoms with Gasteiger partial charge in [-0.05, 0) is 55.5 Å². The first-order valence-electron chi connectivity index (χ1n) is 10.5. The minimum absolute atomic E-state index is 0.0739. The molecule has 1 aliphatic rings. The van der Waals surface area contributed by atoms with Gasteiger partial charge >= 0.3 is 0 Å². The molecule has 2 atom stereocenters. The van der Waals surface area contributed by atoms with Gasteiger partial charge in [0, 0.05) is 37.6 Å². The lowest BCUT2D eigenvalue weighted by Gasteiger charge is -2.28. The van der Waals surface area contributed by atoms with Crippen molar-refractivity contribution in [2.45, 2.75) is 25.4 Å². The lowest BCUT2D eigenvalue weighted by Crippen LogP contribution is -2.33. The molecule has 1 aliphatic heterocycles. The maximum absolute atomic E-state index is 12.7. The lowest BCUT2D eigenvalue weighted by molar-refractivity contribution is -0.116. The Kier molecular flexibility index (Phi) is 6.41. The number of pyridine rings is 1. The molecular formula is C24H27N5O2S. The zero-order valence-corrected chi connectivity index (χ0v) is 19.2. The summed E-state index contributed by atoms with van der Waals surface area (Å²) in [6.45, 7) is 2.55. The molecule has 1 amide bonds. The van der Waals surface area contributed by atoms with Crippen LogP contribution in [0.3, 0.4) is 0 Å².